The summed E-state index contributed by atoms with van der Waals surface area (Å²) in [6, 6.07) is 0. The van der Waals surface area contributed by atoms with E-state index in [1.165, 1.54) is 64.2 Å². The minimum atomic E-state index is -0.883. The summed E-state index contributed by atoms with van der Waals surface area (Å²) in [6.45, 7) is 5.63. The monoisotopic (exact) mass is 409 g/mol. The molecule has 1 amide bonds. The molecule has 5 heteroatoms. The van der Waals surface area contributed by atoms with Gasteiger partial charge in [0.05, 0.1) is 5.41 Å². The van der Waals surface area contributed by atoms with E-state index >= 15 is 0 Å². The maximum atomic E-state index is 12.5. The van der Waals surface area contributed by atoms with Crippen LogP contribution in [0.5, 0.6) is 0 Å². The second-order valence-corrected chi connectivity index (χ2v) is 10.5. The van der Waals surface area contributed by atoms with Crippen LogP contribution in [0.1, 0.15) is 111 Å². The first kappa shape index (κ1) is 24.0. The third-order valence-corrected chi connectivity index (χ3v) is 6.94. The normalized spacial score (nSPS) is 19.7. The van der Waals surface area contributed by atoms with Gasteiger partial charge in [0.2, 0.25) is 0 Å². The third kappa shape index (κ3) is 8.55. The number of nitrogens with one attached hydrogen (secondary N) is 1. The fourth-order valence-electron chi connectivity index (χ4n) is 5.06. The van der Waals surface area contributed by atoms with E-state index in [0.717, 1.165) is 12.8 Å². The molecule has 0 aromatic rings. The quantitative estimate of drug-likeness (QED) is 0.468. The number of hydrogen-bond acceptors (Lipinski definition) is 3. The van der Waals surface area contributed by atoms with Crippen molar-refractivity contribution in [1.82, 2.24) is 5.32 Å². The molecule has 0 aromatic heterocycles. The molecule has 2 fully saturated rings. The van der Waals surface area contributed by atoms with Crippen molar-refractivity contribution < 1.29 is 19.4 Å². The van der Waals surface area contributed by atoms with Gasteiger partial charge in [-0.1, -0.05) is 64.2 Å². The van der Waals surface area contributed by atoms with Crippen LogP contribution in [0.4, 0.5) is 4.79 Å². The maximum Gasteiger partial charge on any atom is 0.407 e. The Bertz CT molecular complexity index is 491. The van der Waals surface area contributed by atoms with Gasteiger partial charge in [-0.05, 0) is 58.3 Å². The summed E-state index contributed by atoms with van der Waals surface area (Å²) in [5.41, 5.74) is -1.47. The number of amides is 1. The van der Waals surface area contributed by atoms with Crippen molar-refractivity contribution in [1.29, 1.82) is 0 Å². The van der Waals surface area contributed by atoms with E-state index in [2.05, 4.69) is 5.32 Å². The van der Waals surface area contributed by atoms with Gasteiger partial charge in [0.25, 0.3) is 0 Å². The molecule has 168 valence electrons. The predicted octanol–water partition coefficient (Wildman–Crippen LogP) is 6.30. The van der Waals surface area contributed by atoms with Crippen LogP contribution in [-0.2, 0) is 9.53 Å². The molecule has 0 radical (unpaired) electrons. The third-order valence-electron chi connectivity index (χ3n) is 6.94. The average Bonchev–Trinajstić information content (AvgIpc) is 2.68. The smallest absolute Gasteiger partial charge is 0.407 e. The Labute approximate surface area is 177 Å². The van der Waals surface area contributed by atoms with Crippen LogP contribution in [0.15, 0.2) is 0 Å². The first-order chi connectivity index (χ1) is 13.7. The van der Waals surface area contributed by atoms with Gasteiger partial charge in [0.15, 0.2) is 0 Å². The Kier molecular flexibility index (Phi) is 9.29. The Morgan fingerprint density at radius 3 is 1.69 bits per heavy atom. The number of carboxylic acid groups (broad SMARTS) is 1. The van der Waals surface area contributed by atoms with Gasteiger partial charge >= 0.3 is 12.1 Å². The summed E-state index contributed by atoms with van der Waals surface area (Å²) < 4.78 is 5.36. The fraction of sp³-hybridized carbons (Fsp3) is 0.917. The van der Waals surface area contributed by atoms with Gasteiger partial charge in [-0.25, -0.2) is 4.79 Å². The van der Waals surface area contributed by atoms with Crippen molar-refractivity contribution in [2.45, 2.75) is 116 Å². The molecule has 0 unspecified atom stereocenters. The highest BCUT2D eigenvalue weighted by Gasteiger charge is 2.40. The molecule has 0 spiro atoms. The lowest BCUT2D eigenvalue weighted by Gasteiger charge is -2.34. The van der Waals surface area contributed by atoms with Crippen LogP contribution in [0.3, 0.4) is 0 Å². The van der Waals surface area contributed by atoms with E-state index in [4.69, 9.17) is 4.74 Å². The van der Waals surface area contributed by atoms with Crippen LogP contribution in [0, 0.1) is 17.3 Å². The lowest BCUT2D eigenvalue weighted by molar-refractivity contribution is -0.150. The molecule has 0 aromatic carbocycles. The van der Waals surface area contributed by atoms with Crippen LogP contribution < -0.4 is 5.32 Å². The number of carbonyl (C=O) groups excluding carboxylic acids is 1. The molecule has 29 heavy (non-hydrogen) atoms. The molecule has 2 aliphatic rings. The molecule has 0 aliphatic heterocycles. The van der Waals surface area contributed by atoms with E-state index in [-0.39, 0.29) is 6.54 Å². The first-order valence-electron chi connectivity index (χ1n) is 11.9. The molecule has 2 aliphatic carbocycles. The minimum Gasteiger partial charge on any atom is -0.481 e. The molecule has 0 bridgehead atoms. The van der Waals surface area contributed by atoms with Crippen molar-refractivity contribution in [3.8, 4) is 0 Å². The van der Waals surface area contributed by atoms with Crippen LogP contribution in [-0.4, -0.2) is 29.3 Å². The number of hydrogen-bond donors (Lipinski definition) is 2. The summed E-state index contributed by atoms with van der Waals surface area (Å²) in [4.78, 5) is 24.7. The van der Waals surface area contributed by atoms with Crippen molar-refractivity contribution in [3.63, 3.8) is 0 Å². The standard InChI is InChI=1S/C24H43NO4/c1-23(2,3)29-22(28)25-18-24(21(26)27,16-14-19-10-6-4-7-11-19)17-15-20-12-8-5-9-13-20/h19-20H,4-18H2,1-3H3,(H,25,28)(H,26,27). The molecule has 2 rings (SSSR count). The van der Waals surface area contributed by atoms with Gasteiger partial charge in [0.1, 0.15) is 5.60 Å². The molecule has 0 atom stereocenters. The van der Waals surface area contributed by atoms with E-state index < -0.39 is 23.1 Å². The summed E-state index contributed by atoms with van der Waals surface area (Å²) in [5, 5.41) is 13.0. The predicted molar refractivity (Wildman–Crippen MR) is 116 cm³/mol. The van der Waals surface area contributed by atoms with E-state index in [1.54, 1.807) is 0 Å². The molecule has 2 N–H and O–H groups in total. The fourth-order valence-corrected chi connectivity index (χ4v) is 5.06. The van der Waals surface area contributed by atoms with Gasteiger partial charge in [-0.3, -0.25) is 4.79 Å². The molecule has 5 nitrogen and oxygen atoms in total. The molecular weight excluding hydrogens is 366 g/mol. The highest BCUT2D eigenvalue weighted by Crippen LogP contribution is 2.38. The molecule has 0 saturated heterocycles. The summed E-state index contributed by atoms with van der Waals surface area (Å²) in [5.74, 6) is 0.512. The Balaban J connectivity index is 2.01. The Morgan fingerprint density at radius 2 is 1.31 bits per heavy atom. The van der Waals surface area contributed by atoms with E-state index in [9.17, 15) is 14.7 Å². The minimum absolute atomic E-state index is 0.163. The molecule has 2 saturated carbocycles. The zero-order chi connectivity index (χ0) is 21.3. The zero-order valence-electron chi connectivity index (χ0n) is 18.9. The lowest BCUT2D eigenvalue weighted by atomic mass is 9.72. The lowest BCUT2D eigenvalue weighted by Crippen LogP contribution is -2.45. The second-order valence-electron chi connectivity index (χ2n) is 10.5. The molecular formula is C24H43NO4. The van der Waals surface area contributed by atoms with Crippen molar-refractivity contribution in [3.05, 3.63) is 0 Å². The van der Waals surface area contributed by atoms with Gasteiger partial charge < -0.3 is 15.2 Å². The highest BCUT2D eigenvalue weighted by molar-refractivity contribution is 5.76. The largest absolute Gasteiger partial charge is 0.481 e. The number of rotatable bonds is 9. The maximum absolute atomic E-state index is 12.5. The van der Waals surface area contributed by atoms with Crippen LogP contribution in [0.25, 0.3) is 0 Å². The van der Waals surface area contributed by atoms with Crippen LogP contribution in [0.2, 0.25) is 0 Å². The average molecular weight is 410 g/mol. The summed E-state index contributed by atoms with van der Waals surface area (Å²) in [6.07, 6.45) is 15.2. The zero-order valence-corrected chi connectivity index (χ0v) is 18.9. The Morgan fingerprint density at radius 1 is 0.862 bits per heavy atom. The number of alkyl carbamates (subject to hydrolysis) is 1. The first-order valence-corrected chi connectivity index (χ1v) is 11.9. The second kappa shape index (κ2) is 11.2. The Hall–Kier alpha value is -1.26. The van der Waals surface area contributed by atoms with Crippen molar-refractivity contribution in [2.24, 2.45) is 17.3 Å². The van der Waals surface area contributed by atoms with Gasteiger partial charge in [-0.15, -0.1) is 0 Å². The van der Waals surface area contributed by atoms with Gasteiger partial charge in [0, 0.05) is 6.54 Å². The van der Waals surface area contributed by atoms with Gasteiger partial charge in [-0.2, -0.15) is 0 Å². The number of carboxylic acids is 1. The van der Waals surface area contributed by atoms with Crippen molar-refractivity contribution in [2.75, 3.05) is 6.54 Å². The van der Waals surface area contributed by atoms with Crippen molar-refractivity contribution >= 4 is 12.1 Å². The summed E-state index contributed by atoms with van der Waals surface area (Å²) in [7, 11) is 0. The van der Waals surface area contributed by atoms with E-state index in [1.807, 2.05) is 20.8 Å². The number of aliphatic carboxylic acids is 1. The topological polar surface area (TPSA) is 75.6 Å². The SMILES string of the molecule is CC(C)(C)OC(=O)NCC(CCC1CCCCC1)(CCC1CCCCC1)C(=O)O. The number of carbonyl (C=O) groups is 2. The van der Waals surface area contributed by atoms with Crippen LogP contribution >= 0.6 is 0 Å². The van der Waals surface area contributed by atoms with E-state index in [0.29, 0.717) is 24.7 Å². The number of ether oxygens (including phenoxy) is 1. The molecule has 0 heterocycles. The summed E-state index contributed by atoms with van der Waals surface area (Å²) >= 11 is 0. The highest BCUT2D eigenvalue weighted by atomic mass is 16.6.